The molecule has 4 rings (SSSR count). The summed E-state index contributed by atoms with van der Waals surface area (Å²) in [5.74, 6) is -3.42. The molecule has 0 saturated carbocycles. The molecule has 16 heteroatoms. The average Bonchev–Trinajstić information content (AvgIpc) is 3.30. The normalized spacial score (nSPS) is 20.6. The van der Waals surface area contributed by atoms with Crippen LogP contribution in [0.2, 0.25) is 0 Å². The van der Waals surface area contributed by atoms with Crippen molar-refractivity contribution in [1.29, 1.82) is 0 Å². The molecule has 0 atom stereocenters. The van der Waals surface area contributed by atoms with Gasteiger partial charge in [0.1, 0.15) is 19.3 Å². The fourth-order valence-corrected chi connectivity index (χ4v) is 2.29. The van der Waals surface area contributed by atoms with Gasteiger partial charge in [0.05, 0.1) is 5.75 Å². The Balaban J connectivity index is 0.000000209. The number of rotatable bonds is 0. The maximum Gasteiger partial charge on any atom is 0.341 e. The third-order valence-electron chi connectivity index (χ3n) is 2.83. The van der Waals surface area contributed by atoms with E-state index in [1.165, 1.54) is 13.8 Å². The van der Waals surface area contributed by atoms with E-state index in [0.29, 0.717) is 5.75 Å². The molecule has 15 nitrogen and oxygen atoms in total. The van der Waals surface area contributed by atoms with E-state index in [9.17, 15) is 38.4 Å². The average molecular weight is 462 g/mol. The number of carbonyl (C=O) groups is 8. The Morgan fingerprint density at radius 2 is 1.26 bits per heavy atom. The highest BCUT2D eigenvalue weighted by atomic mass is 32.2. The van der Waals surface area contributed by atoms with Crippen LogP contribution in [0.1, 0.15) is 33.1 Å². The van der Waals surface area contributed by atoms with E-state index < -0.39 is 23.7 Å². The smallest absolute Gasteiger partial charge is 0.341 e. The molecule has 0 bridgehead atoms. The molecule has 4 aliphatic rings. The lowest BCUT2D eigenvalue weighted by Gasteiger charge is -2.28. The van der Waals surface area contributed by atoms with Crippen LogP contribution in [-0.4, -0.2) is 58.3 Å². The Bertz CT molecular complexity index is 679. The standard InChI is InChI=1S/C6H8O4.C3H4N2O2.C3H3NO3.C3H3NO2S/c1-6(2)9-4(7)3-5(8)10-6;6-2-1-3(7)5-4-2;5-2-1-3(6)7-4-2;5-2-1-7-3(6)4-2/h3H2,1-2H3;1H2,(H,4,6)(H,5,7);1H2,(H,4,5);1H2,(H,4,5,6). The van der Waals surface area contributed by atoms with E-state index in [0.717, 1.165) is 11.8 Å². The Morgan fingerprint density at radius 3 is 1.45 bits per heavy atom. The SMILES string of the molecule is CC1(C)OC(=O)CC(=O)O1.O=C1CC(=O)NN1.O=C1CC(=O)ON1.O=C1CSC(=O)N1. The van der Waals surface area contributed by atoms with Crippen molar-refractivity contribution in [3.63, 3.8) is 0 Å². The minimum Gasteiger partial charge on any atom is -0.423 e. The lowest BCUT2D eigenvalue weighted by Crippen LogP contribution is -2.39. The van der Waals surface area contributed by atoms with E-state index in [1.807, 2.05) is 5.48 Å². The summed E-state index contributed by atoms with van der Waals surface area (Å²) < 4.78 is 9.32. The number of hydrazine groups is 1. The minimum absolute atomic E-state index is 0.0278. The van der Waals surface area contributed by atoms with Gasteiger partial charge in [-0.05, 0) is 0 Å². The largest absolute Gasteiger partial charge is 0.423 e. The molecule has 170 valence electrons. The highest BCUT2D eigenvalue weighted by Crippen LogP contribution is 2.18. The molecule has 0 aromatic heterocycles. The molecule has 4 N–H and O–H groups in total. The van der Waals surface area contributed by atoms with Crippen LogP contribution in [0.5, 0.6) is 0 Å². The summed E-state index contributed by atoms with van der Waals surface area (Å²) in [7, 11) is 0. The van der Waals surface area contributed by atoms with Gasteiger partial charge in [0.2, 0.25) is 17.7 Å². The number of amides is 5. The minimum atomic E-state index is -1.08. The van der Waals surface area contributed by atoms with E-state index in [-0.39, 0.29) is 48.1 Å². The highest BCUT2D eigenvalue weighted by Gasteiger charge is 2.34. The molecule has 4 fully saturated rings. The number of thioether (sulfide) groups is 1. The summed E-state index contributed by atoms with van der Waals surface area (Å²) in [6, 6.07) is 0. The lowest BCUT2D eigenvalue weighted by atomic mass is 10.3. The van der Waals surface area contributed by atoms with Crippen molar-refractivity contribution in [2.24, 2.45) is 0 Å². The second-order valence-electron chi connectivity index (χ2n) is 6.10. The highest BCUT2D eigenvalue weighted by molar-refractivity contribution is 8.14. The number of ether oxygens (including phenoxy) is 2. The molecule has 0 aromatic carbocycles. The van der Waals surface area contributed by atoms with Crippen molar-refractivity contribution >= 4 is 58.5 Å². The second kappa shape index (κ2) is 11.5. The second-order valence-corrected chi connectivity index (χ2v) is 7.05. The van der Waals surface area contributed by atoms with E-state index >= 15 is 0 Å². The van der Waals surface area contributed by atoms with Crippen molar-refractivity contribution in [3.05, 3.63) is 0 Å². The molecular weight excluding hydrogens is 444 g/mol. The summed E-state index contributed by atoms with van der Waals surface area (Å²) in [5.41, 5.74) is 6.14. The van der Waals surface area contributed by atoms with E-state index in [1.54, 1.807) is 0 Å². The van der Waals surface area contributed by atoms with Crippen molar-refractivity contribution in [3.8, 4) is 0 Å². The molecule has 4 aliphatic heterocycles. The molecule has 0 spiro atoms. The first-order valence-electron chi connectivity index (χ1n) is 8.33. The van der Waals surface area contributed by atoms with Gasteiger partial charge >= 0.3 is 17.9 Å². The Hall–Kier alpha value is -3.69. The quantitative estimate of drug-likeness (QED) is 0.221. The van der Waals surface area contributed by atoms with Crippen molar-refractivity contribution in [2.75, 3.05) is 5.75 Å². The topological polar surface area (TPSA) is 212 Å². The van der Waals surface area contributed by atoms with Gasteiger partial charge in [-0.1, -0.05) is 11.8 Å². The molecule has 0 unspecified atom stereocenters. The zero-order valence-electron chi connectivity index (χ0n) is 16.2. The van der Waals surface area contributed by atoms with Crippen LogP contribution in [0, 0.1) is 0 Å². The fraction of sp³-hybridized carbons (Fsp3) is 0.467. The third-order valence-corrected chi connectivity index (χ3v) is 3.60. The molecular formula is C15H18N4O11S. The van der Waals surface area contributed by atoms with E-state index in [2.05, 4.69) is 30.5 Å². The predicted octanol–water partition coefficient (Wildman–Crippen LogP) is -2.32. The lowest BCUT2D eigenvalue weighted by molar-refractivity contribution is -0.231. The van der Waals surface area contributed by atoms with Gasteiger partial charge in [-0.2, -0.15) is 5.48 Å². The van der Waals surface area contributed by atoms with Gasteiger partial charge in [0.15, 0.2) is 0 Å². The first kappa shape index (κ1) is 25.3. The third kappa shape index (κ3) is 11.2. The predicted molar refractivity (Wildman–Crippen MR) is 96.6 cm³/mol. The molecule has 0 aromatic rings. The summed E-state index contributed by atoms with van der Waals surface area (Å²) in [6.07, 6.45) is -0.441. The number of imide groups is 1. The summed E-state index contributed by atoms with van der Waals surface area (Å²) in [5, 5.41) is 1.87. The van der Waals surface area contributed by atoms with Gasteiger partial charge in [0.25, 0.3) is 16.9 Å². The number of nitrogens with one attached hydrogen (secondary N) is 4. The van der Waals surface area contributed by atoms with Crippen LogP contribution < -0.4 is 21.6 Å². The maximum atomic E-state index is 10.6. The van der Waals surface area contributed by atoms with Crippen molar-refractivity contribution < 1.29 is 52.7 Å². The monoisotopic (exact) mass is 462 g/mol. The molecule has 0 aliphatic carbocycles. The van der Waals surface area contributed by atoms with Crippen LogP contribution in [0.3, 0.4) is 0 Å². The maximum absolute atomic E-state index is 10.6. The molecule has 5 amide bonds. The number of hydrogen-bond acceptors (Lipinski definition) is 12. The molecule has 4 saturated heterocycles. The molecule has 0 radical (unpaired) electrons. The first-order valence-corrected chi connectivity index (χ1v) is 9.31. The Morgan fingerprint density at radius 1 is 0.710 bits per heavy atom. The van der Waals surface area contributed by atoms with Gasteiger partial charge in [-0.3, -0.25) is 49.7 Å². The number of carbonyl (C=O) groups excluding carboxylic acids is 8. The van der Waals surface area contributed by atoms with E-state index in [4.69, 9.17) is 0 Å². The number of hydrogen-bond donors (Lipinski definition) is 4. The Labute approximate surface area is 178 Å². The fourth-order valence-electron chi connectivity index (χ4n) is 1.77. The van der Waals surface area contributed by atoms with Crippen LogP contribution in [0.4, 0.5) is 4.79 Å². The molecule has 31 heavy (non-hydrogen) atoms. The Kier molecular flexibility index (Phi) is 9.39. The van der Waals surface area contributed by atoms with Gasteiger partial charge in [-0.25, -0.2) is 4.79 Å². The van der Waals surface area contributed by atoms with Crippen LogP contribution in [-0.2, 0) is 47.9 Å². The zero-order valence-corrected chi connectivity index (χ0v) is 17.0. The molecule has 4 heterocycles. The van der Waals surface area contributed by atoms with Crippen LogP contribution in [0.15, 0.2) is 0 Å². The van der Waals surface area contributed by atoms with Crippen molar-refractivity contribution in [1.82, 2.24) is 21.6 Å². The van der Waals surface area contributed by atoms with Crippen LogP contribution >= 0.6 is 11.8 Å². The van der Waals surface area contributed by atoms with Gasteiger partial charge in [-0.15, -0.1) is 0 Å². The summed E-state index contributed by atoms with van der Waals surface area (Å²) in [6.45, 7) is 3.03. The number of cyclic esters (lactones) is 2. The first-order chi connectivity index (χ1) is 14.4. The van der Waals surface area contributed by atoms with Gasteiger partial charge < -0.3 is 14.3 Å². The zero-order chi connectivity index (χ0) is 23.6. The number of hydroxylamine groups is 1. The summed E-state index contributed by atoms with van der Waals surface area (Å²) in [4.78, 5) is 85.4. The van der Waals surface area contributed by atoms with Gasteiger partial charge in [0, 0.05) is 13.8 Å². The number of esters is 2. The summed E-state index contributed by atoms with van der Waals surface area (Å²) >= 11 is 1.01. The van der Waals surface area contributed by atoms with Crippen LogP contribution in [0.25, 0.3) is 0 Å². The van der Waals surface area contributed by atoms with Crippen molar-refractivity contribution in [2.45, 2.75) is 38.9 Å².